The number of guanidine groups is 1. The average Bonchev–Trinajstić information content (AvgIpc) is 3.04. The third kappa shape index (κ3) is 11.5. The van der Waals surface area contributed by atoms with Crippen molar-refractivity contribution in [3.8, 4) is 0 Å². The minimum atomic E-state index is -0.0214. The zero-order valence-corrected chi connectivity index (χ0v) is 16.6. The number of nitrogens with one attached hydrogen (secondary N) is 3. The van der Waals surface area contributed by atoms with Gasteiger partial charge in [-0.25, -0.2) is 0 Å². The van der Waals surface area contributed by atoms with Crippen LogP contribution in [0.25, 0.3) is 0 Å². The Bertz CT molecular complexity index is 337. The summed E-state index contributed by atoms with van der Waals surface area (Å²) < 4.78 is 10.9. The summed E-state index contributed by atoms with van der Waals surface area (Å²) in [5, 5.41) is 8.95. The van der Waals surface area contributed by atoms with Crippen LogP contribution in [0, 0.1) is 5.92 Å². The number of aliphatic imine (C=N–C) groups is 1. The van der Waals surface area contributed by atoms with Crippen LogP contribution in [0.1, 0.15) is 26.2 Å². The van der Waals surface area contributed by atoms with Gasteiger partial charge in [0.15, 0.2) is 5.96 Å². The van der Waals surface area contributed by atoms with Gasteiger partial charge in [0.1, 0.15) is 0 Å². The molecule has 0 aromatic heterocycles. The summed E-state index contributed by atoms with van der Waals surface area (Å²) in [4.78, 5) is 15.6. The molecule has 0 aliphatic carbocycles. The Hall–Kier alpha value is -0.610. The maximum atomic E-state index is 11.5. The van der Waals surface area contributed by atoms with Crippen molar-refractivity contribution < 1.29 is 14.3 Å². The predicted molar refractivity (Wildman–Crippen MR) is 102 cm³/mol. The Morgan fingerprint density at radius 2 is 2.13 bits per heavy atom. The van der Waals surface area contributed by atoms with Gasteiger partial charge in [-0.1, -0.05) is 6.92 Å². The van der Waals surface area contributed by atoms with Gasteiger partial charge < -0.3 is 25.4 Å². The Kier molecular flexibility index (Phi) is 14.6. The number of amides is 1. The Labute approximate surface area is 156 Å². The fourth-order valence-electron chi connectivity index (χ4n) is 2.06. The number of nitrogens with zero attached hydrogens (tertiary/aromatic N) is 1. The summed E-state index contributed by atoms with van der Waals surface area (Å²) in [7, 11) is 1.69. The van der Waals surface area contributed by atoms with Crippen LogP contribution in [0.3, 0.4) is 0 Å². The van der Waals surface area contributed by atoms with E-state index in [2.05, 4.69) is 20.9 Å². The minimum Gasteiger partial charge on any atom is -0.381 e. The van der Waals surface area contributed by atoms with Gasteiger partial charge in [-0.15, -0.1) is 24.0 Å². The van der Waals surface area contributed by atoms with Crippen molar-refractivity contribution in [2.45, 2.75) is 26.2 Å². The normalized spacial score (nSPS) is 17.5. The lowest BCUT2D eigenvalue weighted by atomic mass is 10.1. The van der Waals surface area contributed by atoms with E-state index in [-0.39, 0.29) is 36.4 Å². The molecule has 0 bridgehead atoms. The number of hydrogen-bond donors (Lipinski definition) is 3. The Morgan fingerprint density at radius 3 is 2.78 bits per heavy atom. The Morgan fingerprint density at radius 1 is 1.30 bits per heavy atom. The molecule has 1 unspecified atom stereocenters. The average molecular weight is 442 g/mol. The predicted octanol–water partition coefficient (Wildman–Crippen LogP) is 0.739. The third-order valence-electron chi connectivity index (χ3n) is 3.35. The van der Waals surface area contributed by atoms with Crippen molar-refractivity contribution in [3.05, 3.63) is 0 Å². The maximum Gasteiger partial charge on any atom is 0.239 e. The van der Waals surface area contributed by atoms with Crippen molar-refractivity contribution in [1.82, 2.24) is 16.0 Å². The molecule has 1 amide bonds. The molecule has 1 rings (SSSR count). The molecule has 0 spiro atoms. The van der Waals surface area contributed by atoms with E-state index in [1.165, 1.54) is 0 Å². The van der Waals surface area contributed by atoms with Crippen LogP contribution in [0.15, 0.2) is 4.99 Å². The van der Waals surface area contributed by atoms with Crippen molar-refractivity contribution in [2.75, 3.05) is 53.1 Å². The molecule has 0 saturated carbocycles. The molecular formula is C15H31IN4O3. The van der Waals surface area contributed by atoms with Gasteiger partial charge in [0.05, 0.1) is 19.8 Å². The number of ether oxygens (including phenoxy) is 2. The molecule has 1 atom stereocenters. The largest absolute Gasteiger partial charge is 0.381 e. The molecule has 0 radical (unpaired) electrons. The van der Waals surface area contributed by atoms with Gasteiger partial charge in [-0.2, -0.15) is 0 Å². The Balaban J connectivity index is 0.00000484. The summed E-state index contributed by atoms with van der Waals surface area (Å²) in [5.41, 5.74) is 0. The van der Waals surface area contributed by atoms with Crippen LogP contribution in [0.5, 0.6) is 0 Å². The first-order valence-corrected chi connectivity index (χ1v) is 8.13. The minimum absolute atomic E-state index is 0. The van der Waals surface area contributed by atoms with E-state index in [4.69, 9.17) is 9.47 Å². The summed E-state index contributed by atoms with van der Waals surface area (Å²) >= 11 is 0. The molecule has 0 aromatic rings. The number of hydrogen-bond acceptors (Lipinski definition) is 4. The summed E-state index contributed by atoms with van der Waals surface area (Å²) in [5.74, 6) is 1.17. The molecule has 1 aliphatic heterocycles. The van der Waals surface area contributed by atoms with E-state index in [1.54, 1.807) is 7.05 Å². The fourth-order valence-corrected chi connectivity index (χ4v) is 2.06. The van der Waals surface area contributed by atoms with Crippen LogP contribution in [-0.4, -0.2) is 65.0 Å². The monoisotopic (exact) mass is 442 g/mol. The van der Waals surface area contributed by atoms with E-state index in [0.29, 0.717) is 18.4 Å². The van der Waals surface area contributed by atoms with Crippen LogP contribution in [-0.2, 0) is 14.3 Å². The number of rotatable bonds is 10. The summed E-state index contributed by atoms with van der Waals surface area (Å²) in [6.45, 7) is 6.92. The van der Waals surface area contributed by atoms with E-state index < -0.39 is 0 Å². The van der Waals surface area contributed by atoms with E-state index >= 15 is 0 Å². The molecule has 136 valence electrons. The molecule has 7 nitrogen and oxygen atoms in total. The van der Waals surface area contributed by atoms with Crippen LogP contribution in [0.2, 0.25) is 0 Å². The summed E-state index contributed by atoms with van der Waals surface area (Å²) in [6.07, 6.45) is 2.94. The first-order chi connectivity index (χ1) is 10.8. The standard InChI is InChI=1S/C15H30N4O3.HI/c1-3-6-17-14(20)10-19-15(16-2)18-7-4-8-21-11-13-5-9-22-12-13;/h13H,3-12H2,1-2H3,(H,17,20)(H2,16,18,19);1H. The fraction of sp³-hybridized carbons (Fsp3) is 0.867. The highest BCUT2D eigenvalue weighted by Gasteiger charge is 2.15. The molecule has 1 heterocycles. The quantitative estimate of drug-likeness (QED) is 0.201. The molecule has 0 aromatic carbocycles. The van der Waals surface area contributed by atoms with Gasteiger partial charge in [0.2, 0.25) is 5.91 Å². The van der Waals surface area contributed by atoms with E-state index in [9.17, 15) is 4.79 Å². The lowest BCUT2D eigenvalue weighted by molar-refractivity contribution is -0.120. The van der Waals surface area contributed by atoms with Gasteiger partial charge >= 0.3 is 0 Å². The molecule has 3 N–H and O–H groups in total. The van der Waals surface area contributed by atoms with E-state index in [0.717, 1.165) is 52.2 Å². The van der Waals surface area contributed by atoms with Gasteiger partial charge in [-0.3, -0.25) is 9.79 Å². The summed E-state index contributed by atoms with van der Waals surface area (Å²) in [6, 6.07) is 0. The number of carbonyl (C=O) groups is 1. The SMILES string of the molecule is CCCNC(=O)CNC(=NC)NCCCOCC1CCOC1.I. The third-order valence-corrected chi connectivity index (χ3v) is 3.35. The zero-order valence-electron chi connectivity index (χ0n) is 14.2. The second kappa shape index (κ2) is 14.9. The van der Waals surface area contributed by atoms with Crippen molar-refractivity contribution in [1.29, 1.82) is 0 Å². The van der Waals surface area contributed by atoms with Crippen molar-refractivity contribution >= 4 is 35.8 Å². The number of carbonyl (C=O) groups excluding carboxylic acids is 1. The highest BCUT2D eigenvalue weighted by atomic mass is 127. The van der Waals surface area contributed by atoms with Crippen LogP contribution < -0.4 is 16.0 Å². The van der Waals surface area contributed by atoms with Crippen LogP contribution in [0.4, 0.5) is 0 Å². The second-order valence-electron chi connectivity index (χ2n) is 5.36. The van der Waals surface area contributed by atoms with Gasteiger partial charge in [-0.05, 0) is 19.3 Å². The molecule has 23 heavy (non-hydrogen) atoms. The smallest absolute Gasteiger partial charge is 0.239 e. The number of halogens is 1. The van der Waals surface area contributed by atoms with Crippen LogP contribution >= 0.6 is 24.0 Å². The second-order valence-corrected chi connectivity index (χ2v) is 5.36. The lowest BCUT2D eigenvalue weighted by Gasteiger charge is -2.12. The van der Waals surface area contributed by atoms with Gasteiger partial charge in [0.25, 0.3) is 0 Å². The molecule has 1 fully saturated rings. The van der Waals surface area contributed by atoms with Crippen molar-refractivity contribution in [2.24, 2.45) is 10.9 Å². The maximum absolute atomic E-state index is 11.5. The molecule has 8 heteroatoms. The molecular weight excluding hydrogens is 411 g/mol. The first kappa shape index (κ1) is 22.4. The molecule has 1 saturated heterocycles. The van der Waals surface area contributed by atoms with Gasteiger partial charge in [0, 0.05) is 39.3 Å². The zero-order chi connectivity index (χ0) is 16.0. The highest BCUT2D eigenvalue weighted by molar-refractivity contribution is 14.0. The lowest BCUT2D eigenvalue weighted by Crippen LogP contribution is -2.43. The van der Waals surface area contributed by atoms with Crippen molar-refractivity contribution in [3.63, 3.8) is 0 Å². The highest BCUT2D eigenvalue weighted by Crippen LogP contribution is 2.12. The first-order valence-electron chi connectivity index (χ1n) is 8.13. The molecule has 1 aliphatic rings. The topological polar surface area (TPSA) is 84.0 Å². The van der Waals surface area contributed by atoms with E-state index in [1.807, 2.05) is 6.92 Å².